The van der Waals surface area contributed by atoms with Gasteiger partial charge in [-0.2, -0.15) is 0 Å². The normalized spacial score (nSPS) is 11.2. The van der Waals surface area contributed by atoms with E-state index in [2.05, 4.69) is 25.8 Å². The molecule has 3 nitrogen and oxygen atoms in total. The number of nitrogens with two attached hydrogens (primary N) is 2. The number of nitrogens with one attached hydrogen (secondary N) is 1. The predicted octanol–water partition coefficient (Wildman–Crippen LogP) is -0.443. The Hall–Kier alpha value is -0.730. The first kappa shape index (κ1) is 11.3. The molecule has 0 aromatic rings. The zero-order valence-corrected chi connectivity index (χ0v) is 8.48. The van der Waals surface area contributed by atoms with E-state index in [4.69, 9.17) is 11.5 Å². The summed E-state index contributed by atoms with van der Waals surface area (Å²) in [6.45, 7) is 7.65. The summed E-state index contributed by atoms with van der Waals surface area (Å²) < 4.78 is 0. The molecule has 0 fully saturated rings. The molecule has 0 aromatic carbocycles. The molecule has 0 unspecified atom stereocenters. The van der Waals surface area contributed by atoms with Gasteiger partial charge in [-0.05, 0) is 24.7 Å². The summed E-state index contributed by atoms with van der Waals surface area (Å²) in [5.41, 5.74) is 10.9. The van der Waals surface area contributed by atoms with E-state index in [0.29, 0.717) is 11.4 Å². The van der Waals surface area contributed by atoms with Crippen LogP contribution >= 0.6 is 0 Å². The van der Waals surface area contributed by atoms with Crippen LogP contribution in [0.3, 0.4) is 0 Å². The zero-order valence-electron chi connectivity index (χ0n) is 8.48. The van der Waals surface area contributed by atoms with Crippen molar-refractivity contribution in [3.8, 4) is 0 Å². The van der Waals surface area contributed by atoms with Gasteiger partial charge < -0.3 is 0 Å². The predicted molar refractivity (Wildman–Crippen MR) is 52.5 cm³/mol. The average Bonchev–Trinajstić information content (AvgIpc) is 1.83. The molecule has 0 heterocycles. The second-order valence-electron chi connectivity index (χ2n) is 4.40. The van der Waals surface area contributed by atoms with E-state index < -0.39 is 0 Å². The Kier molecular flexibility index (Phi) is 4.71. The third kappa shape index (κ3) is 9.27. The highest BCUT2D eigenvalue weighted by atomic mass is 15.0. The molecule has 0 radical (unpaired) electrons. The molecule has 0 bridgehead atoms. The van der Waals surface area contributed by atoms with Crippen molar-refractivity contribution >= 4 is 5.96 Å². The van der Waals surface area contributed by atoms with Crippen LogP contribution in [-0.4, -0.2) is 12.5 Å². The Morgan fingerprint density at radius 1 is 1.17 bits per heavy atom. The maximum absolute atomic E-state index is 5.24. The monoisotopic (exact) mass is 172 g/mol. The lowest BCUT2D eigenvalue weighted by molar-refractivity contribution is -0.459. The van der Waals surface area contributed by atoms with Crippen LogP contribution in [0.2, 0.25) is 0 Å². The third-order valence-corrected chi connectivity index (χ3v) is 1.68. The summed E-state index contributed by atoms with van der Waals surface area (Å²) in [6.07, 6.45) is 3.61. The number of rotatable bonds is 4. The Labute approximate surface area is 75.2 Å². The van der Waals surface area contributed by atoms with E-state index in [0.717, 1.165) is 13.0 Å². The molecule has 0 saturated carbocycles. The van der Waals surface area contributed by atoms with E-state index in [-0.39, 0.29) is 0 Å². The van der Waals surface area contributed by atoms with Gasteiger partial charge in [-0.3, -0.25) is 16.5 Å². The van der Waals surface area contributed by atoms with Gasteiger partial charge in [0.1, 0.15) is 0 Å². The Morgan fingerprint density at radius 3 is 2.17 bits per heavy atom. The minimum absolute atomic E-state index is 0.325. The lowest BCUT2D eigenvalue weighted by Gasteiger charge is -2.16. The van der Waals surface area contributed by atoms with Gasteiger partial charge in [-0.15, -0.1) is 0 Å². The molecule has 0 amide bonds. The summed E-state index contributed by atoms with van der Waals surface area (Å²) >= 11 is 0. The largest absolute Gasteiger partial charge is 0.338 e. The molecule has 0 atom stereocenters. The fraction of sp³-hybridized carbons (Fsp3) is 0.889. The van der Waals surface area contributed by atoms with Crippen LogP contribution in [-0.2, 0) is 0 Å². The van der Waals surface area contributed by atoms with Gasteiger partial charge in [0, 0.05) is 0 Å². The molecule has 3 heteroatoms. The topological polar surface area (TPSA) is 66.0 Å². The first-order valence-corrected chi connectivity index (χ1v) is 4.53. The smallest absolute Gasteiger partial charge is 0.291 e. The number of hydrogen-bond donors (Lipinski definition) is 3. The summed E-state index contributed by atoms with van der Waals surface area (Å²) in [5, 5.41) is 0. The molecule has 72 valence electrons. The second kappa shape index (κ2) is 5.01. The molecule has 0 saturated heterocycles. The minimum Gasteiger partial charge on any atom is -0.291 e. The molecule has 0 aromatic heterocycles. The molecular weight excluding hydrogens is 150 g/mol. The van der Waals surface area contributed by atoms with Crippen molar-refractivity contribution in [1.82, 2.24) is 0 Å². The van der Waals surface area contributed by atoms with Crippen LogP contribution < -0.4 is 16.5 Å². The van der Waals surface area contributed by atoms with Crippen molar-refractivity contribution < 1.29 is 4.99 Å². The van der Waals surface area contributed by atoms with E-state index >= 15 is 0 Å². The van der Waals surface area contributed by atoms with Gasteiger partial charge in [-0.25, -0.2) is 0 Å². The molecule has 0 aliphatic carbocycles. The molecule has 0 aliphatic rings. The Balaban J connectivity index is 3.29. The molecule has 0 aliphatic heterocycles. The van der Waals surface area contributed by atoms with Gasteiger partial charge in [0.15, 0.2) is 0 Å². The molecular formula is C9H22N3+. The van der Waals surface area contributed by atoms with Crippen molar-refractivity contribution in [2.75, 3.05) is 6.54 Å². The second-order valence-corrected chi connectivity index (χ2v) is 4.40. The third-order valence-electron chi connectivity index (χ3n) is 1.68. The number of hydrogen-bond acceptors (Lipinski definition) is 0. The van der Waals surface area contributed by atoms with E-state index in [1.54, 1.807) is 0 Å². The van der Waals surface area contributed by atoms with Crippen LogP contribution in [0, 0.1) is 5.41 Å². The molecule has 0 spiro atoms. The van der Waals surface area contributed by atoms with Crippen LogP contribution in [0.5, 0.6) is 0 Å². The maximum atomic E-state index is 5.24. The van der Waals surface area contributed by atoms with Gasteiger partial charge in [-0.1, -0.05) is 20.8 Å². The first-order chi connectivity index (χ1) is 5.42. The van der Waals surface area contributed by atoms with Crippen molar-refractivity contribution in [2.45, 2.75) is 40.0 Å². The van der Waals surface area contributed by atoms with Gasteiger partial charge in [0.2, 0.25) is 0 Å². The lowest BCUT2D eigenvalue weighted by Crippen LogP contribution is -2.78. The van der Waals surface area contributed by atoms with Crippen LogP contribution in [0.4, 0.5) is 0 Å². The minimum atomic E-state index is 0.325. The lowest BCUT2D eigenvalue weighted by atomic mass is 9.90. The quantitative estimate of drug-likeness (QED) is 0.306. The fourth-order valence-corrected chi connectivity index (χ4v) is 1.01. The van der Waals surface area contributed by atoms with Gasteiger partial charge >= 0.3 is 5.96 Å². The highest BCUT2D eigenvalue weighted by Crippen LogP contribution is 2.20. The molecule has 0 rings (SSSR count). The van der Waals surface area contributed by atoms with Crippen LogP contribution in [0.1, 0.15) is 40.0 Å². The fourth-order valence-electron chi connectivity index (χ4n) is 1.01. The summed E-state index contributed by atoms with van der Waals surface area (Å²) in [6, 6.07) is 0. The molecule has 5 N–H and O–H groups in total. The highest BCUT2D eigenvalue weighted by molar-refractivity contribution is 5.69. The highest BCUT2D eigenvalue weighted by Gasteiger charge is 2.08. The Morgan fingerprint density at radius 2 is 1.75 bits per heavy atom. The SMILES string of the molecule is CC(C)(C)CCCC[NH+]=C(N)N. The maximum Gasteiger partial charge on any atom is 0.338 e. The first-order valence-electron chi connectivity index (χ1n) is 4.53. The van der Waals surface area contributed by atoms with Crippen molar-refractivity contribution in [3.05, 3.63) is 0 Å². The van der Waals surface area contributed by atoms with Crippen molar-refractivity contribution in [1.29, 1.82) is 0 Å². The summed E-state index contributed by atoms with van der Waals surface area (Å²) in [4.78, 5) is 2.90. The number of unbranched alkanes of at least 4 members (excludes halogenated alkanes) is 1. The Bertz CT molecular complexity index is 140. The molecule has 12 heavy (non-hydrogen) atoms. The average molecular weight is 172 g/mol. The van der Waals surface area contributed by atoms with E-state index in [1.807, 2.05) is 0 Å². The van der Waals surface area contributed by atoms with Crippen LogP contribution in [0.25, 0.3) is 0 Å². The van der Waals surface area contributed by atoms with E-state index in [1.165, 1.54) is 12.8 Å². The van der Waals surface area contributed by atoms with Gasteiger partial charge in [0.05, 0.1) is 6.54 Å². The number of guanidine groups is 1. The summed E-state index contributed by atoms with van der Waals surface area (Å²) in [5.74, 6) is 0.325. The van der Waals surface area contributed by atoms with Crippen molar-refractivity contribution in [3.63, 3.8) is 0 Å². The standard InChI is InChI=1S/C9H21N3/c1-9(2,3)6-4-5-7-12-8(10)11/h4-7H2,1-3H3,(H4,10,11,12)/p+1. The van der Waals surface area contributed by atoms with Crippen molar-refractivity contribution in [2.24, 2.45) is 16.9 Å². The van der Waals surface area contributed by atoms with Gasteiger partial charge in [0.25, 0.3) is 0 Å². The van der Waals surface area contributed by atoms with Crippen LogP contribution in [0.15, 0.2) is 0 Å². The zero-order chi connectivity index (χ0) is 9.61. The van der Waals surface area contributed by atoms with E-state index in [9.17, 15) is 0 Å². The summed E-state index contributed by atoms with van der Waals surface area (Å²) in [7, 11) is 0.